The number of aryl methyl sites for hydroxylation is 1. The molecule has 0 aromatic heterocycles. The van der Waals surface area contributed by atoms with Crippen molar-refractivity contribution in [2.45, 2.75) is 25.9 Å². The highest BCUT2D eigenvalue weighted by Crippen LogP contribution is 2.39. The zero-order chi connectivity index (χ0) is 25.1. The van der Waals surface area contributed by atoms with Crippen LogP contribution in [0.4, 0.5) is 15.8 Å². The molecule has 6 heteroatoms. The fourth-order valence-electron chi connectivity index (χ4n) is 4.85. The van der Waals surface area contributed by atoms with Crippen molar-refractivity contribution in [3.8, 4) is 5.75 Å². The lowest BCUT2D eigenvalue weighted by Gasteiger charge is -2.36. The summed E-state index contributed by atoms with van der Waals surface area (Å²) in [6, 6.07) is 24.7. The molecule has 4 aromatic carbocycles. The number of carboxylic acids is 1. The maximum absolute atomic E-state index is 14.0. The molecule has 0 bridgehead atoms. The third-order valence-corrected chi connectivity index (χ3v) is 6.75. The molecule has 1 aliphatic rings. The van der Waals surface area contributed by atoms with Crippen molar-refractivity contribution in [2.75, 3.05) is 24.5 Å². The average Bonchev–Trinajstić information content (AvgIpc) is 2.88. The fourth-order valence-corrected chi connectivity index (χ4v) is 4.85. The number of hydrogen-bond acceptors (Lipinski definition) is 4. The van der Waals surface area contributed by atoms with Gasteiger partial charge in [0.1, 0.15) is 17.7 Å². The normalized spacial score (nSPS) is 14.9. The van der Waals surface area contributed by atoms with E-state index < -0.39 is 5.97 Å². The molecule has 0 unspecified atom stereocenters. The van der Waals surface area contributed by atoms with Gasteiger partial charge in [0, 0.05) is 11.8 Å². The molecule has 4 aromatic rings. The highest BCUT2D eigenvalue weighted by molar-refractivity contribution is 5.91. The van der Waals surface area contributed by atoms with Gasteiger partial charge in [-0.3, -0.25) is 0 Å². The summed E-state index contributed by atoms with van der Waals surface area (Å²) < 4.78 is 20.2. The van der Waals surface area contributed by atoms with Crippen LogP contribution in [0.5, 0.6) is 5.75 Å². The molecular weight excluding hydrogens is 455 g/mol. The molecule has 184 valence electrons. The maximum Gasteiger partial charge on any atom is 0.336 e. The monoisotopic (exact) mass is 484 g/mol. The number of rotatable bonds is 8. The Morgan fingerprint density at radius 2 is 1.89 bits per heavy atom. The zero-order valence-corrected chi connectivity index (χ0v) is 20.2. The number of halogens is 1. The predicted molar refractivity (Wildman–Crippen MR) is 141 cm³/mol. The summed E-state index contributed by atoms with van der Waals surface area (Å²) in [6.07, 6.45) is 1.49. The van der Waals surface area contributed by atoms with Crippen molar-refractivity contribution >= 4 is 28.1 Å². The van der Waals surface area contributed by atoms with Gasteiger partial charge in [0.05, 0.1) is 17.8 Å². The number of carboxylic acid groups (broad SMARTS) is 1. The predicted octanol–water partition coefficient (Wildman–Crippen LogP) is 6.11. The minimum Gasteiger partial charge on any atom is -0.486 e. The number of anilines is 2. The van der Waals surface area contributed by atoms with Gasteiger partial charge < -0.3 is 20.1 Å². The van der Waals surface area contributed by atoms with Crippen molar-refractivity contribution in [3.63, 3.8) is 0 Å². The van der Waals surface area contributed by atoms with Gasteiger partial charge in [-0.05, 0) is 79.0 Å². The molecule has 0 saturated carbocycles. The van der Waals surface area contributed by atoms with E-state index in [1.807, 2.05) is 11.0 Å². The van der Waals surface area contributed by atoms with Crippen molar-refractivity contribution < 1.29 is 19.0 Å². The van der Waals surface area contributed by atoms with Crippen molar-refractivity contribution in [2.24, 2.45) is 0 Å². The van der Waals surface area contributed by atoms with Gasteiger partial charge in [-0.15, -0.1) is 0 Å². The highest BCUT2D eigenvalue weighted by Gasteiger charge is 2.27. The summed E-state index contributed by atoms with van der Waals surface area (Å²) in [4.78, 5) is 13.7. The van der Waals surface area contributed by atoms with E-state index >= 15 is 0 Å². The van der Waals surface area contributed by atoms with Crippen LogP contribution in [0.25, 0.3) is 10.8 Å². The lowest BCUT2D eigenvalue weighted by molar-refractivity contribution is 0.0696. The van der Waals surface area contributed by atoms with E-state index in [1.54, 1.807) is 25.1 Å². The number of nitrogens with one attached hydrogen (secondary N) is 1. The van der Waals surface area contributed by atoms with Crippen LogP contribution in [0.3, 0.4) is 0 Å². The van der Waals surface area contributed by atoms with Crippen molar-refractivity contribution in [1.29, 1.82) is 0 Å². The lowest BCUT2D eigenvalue weighted by atomic mass is 10.0. The van der Waals surface area contributed by atoms with Gasteiger partial charge in [-0.25, -0.2) is 9.18 Å². The second kappa shape index (κ2) is 10.4. The zero-order valence-electron chi connectivity index (χ0n) is 20.2. The average molecular weight is 485 g/mol. The van der Waals surface area contributed by atoms with E-state index in [0.29, 0.717) is 17.9 Å². The molecule has 0 spiro atoms. The van der Waals surface area contributed by atoms with Gasteiger partial charge in [0.15, 0.2) is 0 Å². The van der Waals surface area contributed by atoms with Gasteiger partial charge >= 0.3 is 5.97 Å². The fraction of sp³-hybridized carbons (Fsp3) is 0.233. The Bertz CT molecular complexity index is 1400. The Labute approximate surface area is 210 Å². The number of hydrogen-bond donors (Lipinski definition) is 2. The summed E-state index contributed by atoms with van der Waals surface area (Å²) in [5.74, 6) is -0.856. The first-order chi connectivity index (χ1) is 17.5. The lowest BCUT2D eigenvalue weighted by Crippen LogP contribution is -2.39. The highest BCUT2D eigenvalue weighted by atomic mass is 19.1. The van der Waals surface area contributed by atoms with E-state index in [2.05, 4.69) is 47.8 Å². The molecule has 2 N–H and O–H groups in total. The third-order valence-electron chi connectivity index (χ3n) is 6.75. The number of fused-ring (bicyclic) bond motifs is 2. The third kappa shape index (κ3) is 5.04. The Kier molecular flexibility index (Phi) is 6.87. The second-order valence-corrected chi connectivity index (χ2v) is 9.19. The summed E-state index contributed by atoms with van der Waals surface area (Å²) in [7, 11) is 0. The van der Waals surface area contributed by atoms with E-state index in [9.17, 15) is 14.3 Å². The molecule has 0 radical (unpaired) electrons. The van der Waals surface area contributed by atoms with Crippen LogP contribution in [-0.2, 0) is 6.42 Å². The SMILES string of the molecule is Cc1ccc(N2C[C@@H](CCNCCc3cccc4ccccc34)Oc3cc(F)ccc32)cc1C(=O)O. The summed E-state index contributed by atoms with van der Waals surface area (Å²) in [5.41, 5.74) is 3.76. The topological polar surface area (TPSA) is 61.8 Å². The summed E-state index contributed by atoms with van der Waals surface area (Å²) >= 11 is 0. The van der Waals surface area contributed by atoms with Crippen molar-refractivity contribution in [1.82, 2.24) is 5.32 Å². The van der Waals surface area contributed by atoms with Gasteiger partial charge in [-0.2, -0.15) is 0 Å². The molecule has 0 saturated heterocycles. The van der Waals surface area contributed by atoms with E-state index in [1.165, 1.54) is 28.5 Å². The first kappa shape index (κ1) is 23.8. The molecule has 5 nitrogen and oxygen atoms in total. The first-order valence-electron chi connectivity index (χ1n) is 12.2. The number of benzene rings is 4. The van der Waals surface area contributed by atoms with E-state index in [-0.39, 0.29) is 17.5 Å². The molecule has 5 rings (SSSR count). The largest absolute Gasteiger partial charge is 0.486 e. The van der Waals surface area contributed by atoms with Crippen LogP contribution >= 0.6 is 0 Å². The smallest absolute Gasteiger partial charge is 0.336 e. The molecular formula is C30H29FN2O3. The molecule has 1 atom stereocenters. The summed E-state index contributed by atoms with van der Waals surface area (Å²) in [5, 5.41) is 15.6. The Morgan fingerprint density at radius 3 is 2.75 bits per heavy atom. The number of aromatic carboxylic acids is 1. The van der Waals surface area contributed by atoms with E-state index in [0.717, 1.165) is 37.3 Å². The minimum absolute atomic E-state index is 0.168. The molecule has 0 aliphatic carbocycles. The summed E-state index contributed by atoms with van der Waals surface area (Å²) in [6.45, 7) is 3.92. The van der Waals surface area contributed by atoms with Crippen molar-refractivity contribution in [3.05, 3.63) is 101 Å². The van der Waals surface area contributed by atoms with Crippen LogP contribution in [-0.4, -0.2) is 36.8 Å². The number of carbonyl (C=O) groups is 1. The maximum atomic E-state index is 14.0. The molecule has 36 heavy (non-hydrogen) atoms. The molecule has 0 amide bonds. The number of ether oxygens (including phenoxy) is 1. The van der Waals surface area contributed by atoms with Crippen LogP contribution < -0.4 is 15.0 Å². The first-order valence-corrected chi connectivity index (χ1v) is 12.2. The van der Waals surface area contributed by atoms with Crippen LogP contribution in [0, 0.1) is 12.7 Å². The molecule has 1 heterocycles. The molecule has 0 fully saturated rings. The molecule has 1 aliphatic heterocycles. The quantitative estimate of drug-likeness (QED) is 0.296. The second-order valence-electron chi connectivity index (χ2n) is 9.19. The Morgan fingerprint density at radius 1 is 1.06 bits per heavy atom. The Hall–Kier alpha value is -3.90. The minimum atomic E-state index is -0.964. The Balaban J connectivity index is 1.25. The number of nitrogens with zero attached hydrogens (tertiary/aromatic N) is 1. The van der Waals surface area contributed by atoms with Crippen LogP contribution in [0.1, 0.15) is 27.9 Å². The van der Waals surface area contributed by atoms with Gasteiger partial charge in [-0.1, -0.05) is 48.5 Å². The standard InChI is InChI=1S/C30H29FN2O3/c1-20-9-11-24(18-27(20)30(34)35)33-19-25(36-29-17-23(31)10-12-28(29)33)14-16-32-15-13-22-7-4-6-21-5-2-3-8-26(21)22/h2-12,17-18,25,32H,13-16,19H2,1H3,(H,34,35)/t25-/m1/s1. The van der Waals surface area contributed by atoms with Gasteiger partial charge in [0.25, 0.3) is 0 Å². The van der Waals surface area contributed by atoms with Crippen LogP contribution in [0.15, 0.2) is 78.9 Å². The van der Waals surface area contributed by atoms with E-state index in [4.69, 9.17) is 4.74 Å². The van der Waals surface area contributed by atoms with Gasteiger partial charge in [0.2, 0.25) is 0 Å². The van der Waals surface area contributed by atoms with Crippen LogP contribution in [0.2, 0.25) is 0 Å².